The molecule has 0 amide bonds. The number of nitrogen functional groups attached to an aromatic ring is 1. The molecule has 1 fully saturated rings. The van der Waals surface area contributed by atoms with Gasteiger partial charge >= 0.3 is 0 Å². The lowest BCUT2D eigenvalue weighted by Gasteiger charge is -2.33. The molecular weight excluding hydrogens is 216 g/mol. The normalized spacial score (nSPS) is 17.7. The maximum atomic E-state index is 6.12. The number of nitrogens with two attached hydrogens (primary N) is 1. The Labute approximate surface area is 103 Å². The van der Waals surface area contributed by atoms with Crippen LogP contribution in [0.25, 0.3) is 0 Å². The predicted molar refractivity (Wildman–Crippen MR) is 69.3 cm³/mol. The first-order valence-corrected chi connectivity index (χ1v) is 6.28. The summed E-state index contributed by atoms with van der Waals surface area (Å²) in [5.41, 5.74) is 7.87. The third-order valence-corrected chi connectivity index (χ3v) is 3.52. The number of hydrogen-bond donors (Lipinski definition) is 1. The van der Waals surface area contributed by atoms with E-state index >= 15 is 0 Å². The summed E-state index contributed by atoms with van der Waals surface area (Å²) < 4.78 is 7.38. The van der Waals surface area contributed by atoms with E-state index in [2.05, 4.69) is 16.9 Å². The standard InChI is InChI=1S/C12H22N4O/c1-4-16-12(11(13)9(2)14-16)15-7-5-10(17-3)6-8-15/h10H,4-8,13H2,1-3H3. The van der Waals surface area contributed by atoms with Crippen LogP contribution in [0.1, 0.15) is 25.5 Å². The van der Waals surface area contributed by atoms with Crippen LogP contribution >= 0.6 is 0 Å². The molecule has 5 heteroatoms. The average molecular weight is 238 g/mol. The van der Waals surface area contributed by atoms with E-state index in [-0.39, 0.29) is 0 Å². The molecular formula is C12H22N4O. The van der Waals surface area contributed by atoms with Gasteiger partial charge in [-0.15, -0.1) is 0 Å². The third kappa shape index (κ3) is 2.24. The van der Waals surface area contributed by atoms with Crippen LogP contribution in [0.4, 0.5) is 11.5 Å². The second-order valence-electron chi connectivity index (χ2n) is 4.56. The molecule has 0 spiro atoms. The molecule has 5 nitrogen and oxygen atoms in total. The van der Waals surface area contributed by atoms with E-state index in [0.717, 1.165) is 49.7 Å². The van der Waals surface area contributed by atoms with Crippen LogP contribution in [0.2, 0.25) is 0 Å². The molecule has 2 rings (SSSR count). The zero-order valence-corrected chi connectivity index (χ0v) is 10.9. The average Bonchev–Trinajstić information content (AvgIpc) is 2.65. The van der Waals surface area contributed by atoms with Gasteiger partial charge in [0.1, 0.15) is 0 Å². The van der Waals surface area contributed by atoms with Crippen LogP contribution in [0, 0.1) is 6.92 Å². The minimum absolute atomic E-state index is 0.395. The minimum atomic E-state index is 0.395. The molecule has 0 saturated carbocycles. The largest absolute Gasteiger partial charge is 0.394 e. The summed E-state index contributed by atoms with van der Waals surface area (Å²) in [5, 5.41) is 4.46. The molecule has 1 aromatic heterocycles. The highest BCUT2D eigenvalue weighted by Crippen LogP contribution is 2.29. The van der Waals surface area contributed by atoms with Gasteiger partial charge in [-0.05, 0) is 26.7 Å². The van der Waals surface area contributed by atoms with Gasteiger partial charge in [0.2, 0.25) is 0 Å². The third-order valence-electron chi connectivity index (χ3n) is 3.52. The highest BCUT2D eigenvalue weighted by molar-refractivity contribution is 5.66. The number of anilines is 2. The van der Waals surface area contributed by atoms with Crippen molar-refractivity contribution in [3.8, 4) is 0 Å². The molecule has 2 heterocycles. The fourth-order valence-corrected chi connectivity index (χ4v) is 2.44. The highest BCUT2D eigenvalue weighted by Gasteiger charge is 2.24. The Morgan fingerprint density at radius 2 is 2.06 bits per heavy atom. The molecule has 0 atom stereocenters. The van der Waals surface area contributed by atoms with Gasteiger partial charge in [0.15, 0.2) is 5.82 Å². The van der Waals surface area contributed by atoms with E-state index < -0.39 is 0 Å². The van der Waals surface area contributed by atoms with E-state index in [4.69, 9.17) is 10.5 Å². The summed E-state index contributed by atoms with van der Waals surface area (Å²) in [6.45, 7) is 6.91. The van der Waals surface area contributed by atoms with Gasteiger partial charge in [-0.25, -0.2) is 4.68 Å². The maximum absolute atomic E-state index is 6.12. The summed E-state index contributed by atoms with van der Waals surface area (Å²) in [7, 11) is 1.79. The lowest BCUT2D eigenvalue weighted by atomic mass is 10.1. The van der Waals surface area contributed by atoms with Gasteiger partial charge in [-0.3, -0.25) is 0 Å². The van der Waals surface area contributed by atoms with Gasteiger partial charge in [-0.2, -0.15) is 5.10 Å². The van der Waals surface area contributed by atoms with Gasteiger partial charge in [-0.1, -0.05) is 0 Å². The maximum Gasteiger partial charge on any atom is 0.150 e. The summed E-state index contributed by atoms with van der Waals surface area (Å²) in [6.07, 6.45) is 2.51. The fourth-order valence-electron chi connectivity index (χ4n) is 2.44. The van der Waals surface area contributed by atoms with Gasteiger partial charge < -0.3 is 15.4 Å². The molecule has 2 N–H and O–H groups in total. The van der Waals surface area contributed by atoms with Crippen molar-refractivity contribution >= 4 is 11.5 Å². The van der Waals surface area contributed by atoms with Gasteiger partial charge in [0.05, 0.1) is 17.5 Å². The first kappa shape index (κ1) is 12.2. The molecule has 17 heavy (non-hydrogen) atoms. The lowest BCUT2D eigenvalue weighted by molar-refractivity contribution is 0.0816. The number of ether oxygens (including phenoxy) is 1. The molecule has 1 aromatic rings. The van der Waals surface area contributed by atoms with Crippen LogP contribution < -0.4 is 10.6 Å². The zero-order valence-electron chi connectivity index (χ0n) is 10.9. The number of hydrogen-bond acceptors (Lipinski definition) is 4. The van der Waals surface area contributed by atoms with Crippen LogP contribution in [-0.4, -0.2) is 36.1 Å². The Bertz CT molecular complexity index is 380. The first-order chi connectivity index (χ1) is 8.17. The van der Waals surface area contributed by atoms with Crippen molar-refractivity contribution in [2.75, 3.05) is 30.8 Å². The number of rotatable bonds is 3. The molecule has 0 aromatic carbocycles. The van der Waals surface area contributed by atoms with Gasteiger partial charge in [0, 0.05) is 26.7 Å². The number of nitrogens with zero attached hydrogens (tertiary/aromatic N) is 3. The van der Waals surface area contributed by atoms with E-state index in [1.165, 1.54) is 0 Å². The Kier molecular flexibility index (Phi) is 3.57. The van der Waals surface area contributed by atoms with E-state index in [0.29, 0.717) is 6.10 Å². The fraction of sp³-hybridized carbons (Fsp3) is 0.750. The van der Waals surface area contributed by atoms with Crippen molar-refractivity contribution in [1.29, 1.82) is 0 Å². The molecule has 96 valence electrons. The molecule has 0 bridgehead atoms. The molecule has 0 unspecified atom stereocenters. The number of methoxy groups -OCH3 is 1. The first-order valence-electron chi connectivity index (χ1n) is 6.28. The quantitative estimate of drug-likeness (QED) is 0.865. The minimum Gasteiger partial charge on any atom is -0.394 e. The smallest absolute Gasteiger partial charge is 0.150 e. The summed E-state index contributed by atoms with van der Waals surface area (Å²) in [5.74, 6) is 1.08. The molecule has 1 aliphatic rings. The topological polar surface area (TPSA) is 56.3 Å². The van der Waals surface area contributed by atoms with Crippen LogP contribution in [0.3, 0.4) is 0 Å². The van der Waals surface area contributed by atoms with Crippen LogP contribution in [0.15, 0.2) is 0 Å². The Morgan fingerprint density at radius 3 is 2.59 bits per heavy atom. The van der Waals surface area contributed by atoms with E-state index in [1.807, 2.05) is 11.6 Å². The number of piperidine rings is 1. The summed E-state index contributed by atoms with van der Waals surface area (Å²) in [6, 6.07) is 0. The number of aromatic nitrogens is 2. The Morgan fingerprint density at radius 1 is 1.41 bits per heavy atom. The van der Waals surface area contributed by atoms with E-state index in [1.54, 1.807) is 7.11 Å². The zero-order chi connectivity index (χ0) is 12.4. The SMILES string of the molecule is CCn1nc(C)c(N)c1N1CCC(OC)CC1. The molecule has 1 saturated heterocycles. The second kappa shape index (κ2) is 4.96. The monoisotopic (exact) mass is 238 g/mol. The van der Waals surface area contributed by atoms with Crippen molar-refractivity contribution in [2.24, 2.45) is 0 Å². The van der Waals surface area contributed by atoms with Crippen molar-refractivity contribution in [2.45, 2.75) is 39.3 Å². The molecule has 1 aliphatic heterocycles. The second-order valence-corrected chi connectivity index (χ2v) is 4.56. The van der Waals surface area contributed by atoms with Crippen molar-refractivity contribution in [3.63, 3.8) is 0 Å². The summed E-state index contributed by atoms with van der Waals surface area (Å²) >= 11 is 0. The van der Waals surface area contributed by atoms with Crippen LogP contribution in [0.5, 0.6) is 0 Å². The molecule has 0 aliphatic carbocycles. The van der Waals surface area contributed by atoms with Crippen molar-refractivity contribution in [3.05, 3.63) is 5.69 Å². The van der Waals surface area contributed by atoms with Gasteiger partial charge in [0.25, 0.3) is 0 Å². The highest BCUT2D eigenvalue weighted by atomic mass is 16.5. The summed E-state index contributed by atoms with van der Waals surface area (Å²) in [4.78, 5) is 2.33. The van der Waals surface area contributed by atoms with Crippen LogP contribution in [-0.2, 0) is 11.3 Å². The predicted octanol–water partition coefficient (Wildman–Crippen LogP) is 1.41. The number of aryl methyl sites for hydroxylation is 2. The Balaban J connectivity index is 2.17. The Hall–Kier alpha value is -1.23. The lowest BCUT2D eigenvalue weighted by Crippen LogP contribution is -2.38. The van der Waals surface area contributed by atoms with Crippen molar-refractivity contribution in [1.82, 2.24) is 9.78 Å². The van der Waals surface area contributed by atoms with Crippen molar-refractivity contribution < 1.29 is 4.74 Å². The molecule has 0 radical (unpaired) electrons. The van der Waals surface area contributed by atoms with E-state index in [9.17, 15) is 0 Å².